The number of anilines is 2. The maximum absolute atomic E-state index is 7.27. The first kappa shape index (κ1) is 58.0. The number of nitrogens with zero attached hydrogens (tertiary/aromatic N) is 4. The second-order valence-corrected chi connectivity index (χ2v) is 26.8. The van der Waals surface area contributed by atoms with Gasteiger partial charge in [-0.2, -0.15) is 0 Å². The van der Waals surface area contributed by atoms with Crippen molar-refractivity contribution in [2.45, 2.75) is 157 Å². The molecule has 0 saturated carbocycles. The van der Waals surface area contributed by atoms with Gasteiger partial charge >= 0.3 is 0 Å². The second kappa shape index (κ2) is 21.7. The summed E-state index contributed by atoms with van der Waals surface area (Å²) >= 11 is 0. The summed E-state index contributed by atoms with van der Waals surface area (Å²) in [4.78, 5) is 9.74. The monoisotopic (exact) mass is 1240 g/mol. The van der Waals surface area contributed by atoms with Gasteiger partial charge in [-0.15, -0.1) is 53.8 Å². The van der Waals surface area contributed by atoms with E-state index in [9.17, 15) is 0 Å². The molecule has 5 nitrogen and oxygen atoms in total. The number of fused-ring (bicyclic) bond motifs is 3. The molecule has 0 bridgehead atoms. The average Bonchev–Trinajstić information content (AvgIpc) is 4.18. The van der Waals surface area contributed by atoms with Crippen molar-refractivity contribution in [1.82, 2.24) is 9.55 Å². The van der Waals surface area contributed by atoms with E-state index in [1.54, 1.807) is 0 Å². The van der Waals surface area contributed by atoms with Crippen molar-refractivity contribution < 1.29 is 25.8 Å². The third kappa shape index (κ3) is 11.1. The largest absolute Gasteiger partial charge is 0.509 e. The van der Waals surface area contributed by atoms with Gasteiger partial charge in [-0.25, -0.2) is 4.98 Å². The van der Waals surface area contributed by atoms with Crippen LogP contribution in [0, 0.1) is 18.8 Å². The van der Waals surface area contributed by atoms with Gasteiger partial charge in [0.05, 0.1) is 0 Å². The van der Waals surface area contributed by atoms with Crippen molar-refractivity contribution >= 4 is 38.9 Å². The fourth-order valence-electron chi connectivity index (χ4n) is 11.4. The van der Waals surface area contributed by atoms with Crippen LogP contribution in [0.3, 0.4) is 0 Å². The van der Waals surface area contributed by atoms with Crippen molar-refractivity contribution in [3.8, 4) is 17.3 Å². The minimum Gasteiger partial charge on any atom is -0.509 e. The Hall–Kier alpha value is -6.68. The van der Waals surface area contributed by atoms with Gasteiger partial charge in [-0.05, 0) is 109 Å². The van der Waals surface area contributed by atoms with Crippen LogP contribution in [0.5, 0.6) is 11.5 Å². The molecule has 1 aliphatic rings. The molecular weight excluding hydrogens is 1160 g/mol. The fourth-order valence-corrected chi connectivity index (χ4v) is 11.4. The van der Waals surface area contributed by atoms with E-state index in [1.807, 2.05) is 6.20 Å². The number of hydrogen-bond acceptors (Lipinski definition) is 4. The van der Waals surface area contributed by atoms with Crippen molar-refractivity contribution in [3.05, 3.63) is 238 Å². The Morgan fingerprint density at radius 2 is 1.06 bits per heavy atom. The van der Waals surface area contributed by atoms with Crippen LogP contribution in [-0.4, -0.2) is 9.55 Å². The molecule has 0 aliphatic carbocycles. The Kier molecular flexibility index (Phi) is 15.7. The van der Waals surface area contributed by atoms with Gasteiger partial charge in [0.2, 0.25) is 0 Å². The van der Waals surface area contributed by atoms with Crippen molar-refractivity contribution in [2.24, 2.45) is 0 Å². The number of rotatable bonds is 12. The Morgan fingerprint density at radius 3 is 1.61 bits per heavy atom. The third-order valence-electron chi connectivity index (χ3n) is 16.5. The summed E-state index contributed by atoms with van der Waals surface area (Å²) in [6.07, 6.45) is 4.30. The smallest absolute Gasteiger partial charge is 0.135 e. The summed E-state index contributed by atoms with van der Waals surface area (Å²) in [6.45, 7) is 41.4. The molecular formula is C74H81N4OPt-3. The van der Waals surface area contributed by atoms with E-state index in [0.717, 1.165) is 50.3 Å². The predicted octanol–water partition coefficient (Wildman–Crippen LogP) is 19.8. The van der Waals surface area contributed by atoms with E-state index < -0.39 is 0 Å². The first-order valence-electron chi connectivity index (χ1n) is 28.5. The van der Waals surface area contributed by atoms with Crippen LogP contribution >= 0.6 is 0 Å². The summed E-state index contributed by atoms with van der Waals surface area (Å²) in [6, 6.07) is 63.4. The van der Waals surface area contributed by atoms with Gasteiger partial charge in [0.1, 0.15) is 5.82 Å². The molecule has 0 fully saturated rings. The number of benzene rings is 7. The fraction of sp³-hybridized carbons (Fsp3) is 0.324. The van der Waals surface area contributed by atoms with Crippen molar-refractivity contribution in [3.63, 3.8) is 0 Å². The van der Waals surface area contributed by atoms with Crippen LogP contribution in [0.25, 0.3) is 33.3 Å². The van der Waals surface area contributed by atoms with Crippen LogP contribution in [0.1, 0.15) is 185 Å². The van der Waals surface area contributed by atoms with Crippen LogP contribution in [-0.2, 0) is 48.1 Å². The van der Waals surface area contributed by atoms with Crippen LogP contribution in [0.15, 0.2) is 164 Å². The Labute approximate surface area is 493 Å². The number of aromatic nitrogens is 2. The summed E-state index contributed by atoms with van der Waals surface area (Å²) in [7, 11) is 0. The van der Waals surface area contributed by atoms with E-state index in [1.165, 1.54) is 50.1 Å². The molecule has 10 rings (SSSR count). The second-order valence-electron chi connectivity index (χ2n) is 26.8. The van der Waals surface area contributed by atoms with E-state index in [0.29, 0.717) is 11.5 Å². The van der Waals surface area contributed by atoms with E-state index >= 15 is 0 Å². The zero-order chi connectivity index (χ0) is 56.6. The molecule has 3 heterocycles. The molecule has 80 heavy (non-hydrogen) atoms. The minimum absolute atomic E-state index is 0. The number of hydrogen-bond donors (Lipinski definition) is 0. The molecule has 0 saturated heterocycles. The molecule has 7 aromatic carbocycles. The Morgan fingerprint density at radius 1 is 0.512 bits per heavy atom. The summed E-state index contributed by atoms with van der Waals surface area (Å²) in [5, 5.41) is 2.32. The number of pyridine rings is 1. The Balaban J connectivity index is 0.00000774. The SMILES string of the molecule is CC(C)c1cccc(C(C)C)c1C1=CN(c2cc(C(C)(C)c3ccccc3)cc(C(C)(C)c3ccccc3)c2)[CH-]N1c1[c-]c(Oc2[c-]c3c(c(C(C)(C)C)c2)c2ccccc2n3-c2cc(C(C)(C)C)ccn2)cc(C(C)(C)C)c1.[Pt]. The molecule has 0 radical (unpaired) electrons. The quantitative estimate of drug-likeness (QED) is 0.114. The molecule has 0 spiro atoms. The summed E-state index contributed by atoms with van der Waals surface area (Å²) in [5.74, 6) is 2.65. The molecule has 0 N–H and O–H groups in total. The van der Waals surface area contributed by atoms with Gasteiger partial charge in [-0.1, -0.05) is 232 Å². The zero-order valence-electron chi connectivity index (χ0n) is 50.3. The van der Waals surface area contributed by atoms with E-state index in [-0.39, 0.29) is 60.0 Å². The number of ether oxygens (including phenoxy) is 1. The molecule has 416 valence electrons. The first-order valence-corrected chi connectivity index (χ1v) is 28.5. The molecule has 9 aromatic rings. The topological polar surface area (TPSA) is 33.5 Å². The van der Waals surface area contributed by atoms with Crippen molar-refractivity contribution in [1.29, 1.82) is 0 Å². The van der Waals surface area contributed by atoms with Gasteiger partial charge in [0, 0.05) is 72.1 Å². The summed E-state index contributed by atoms with van der Waals surface area (Å²) < 4.78 is 9.54. The van der Waals surface area contributed by atoms with Crippen LogP contribution in [0.2, 0.25) is 0 Å². The van der Waals surface area contributed by atoms with E-state index in [2.05, 4.69) is 309 Å². The van der Waals surface area contributed by atoms with Gasteiger partial charge in [0.25, 0.3) is 0 Å². The van der Waals surface area contributed by atoms with Crippen LogP contribution in [0.4, 0.5) is 11.4 Å². The van der Waals surface area contributed by atoms with Crippen LogP contribution < -0.4 is 14.5 Å². The Bertz CT molecular complexity index is 3650. The average molecular weight is 1240 g/mol. The number of para-hydroxylation sites is 1. The predicted molar refractivity (Wildman–Crippen MR) is 334 cm³/mol. The van der Waals surface area contributed by atoms with Gasteiger partial charge in [0.15, 0.2) is 0 Å². The van der Waals surface area contributed by atoms with Gasteiger partial charge in [-0.3, -0.25) is 0 Å². The maximum atomic E-state index is 7.27. The van der Waals surface area contributed by atoms with Crippen molar-refractivity contribution in [2.75, 3.05) is 9.80 Å². The first-order chi connectivity index (χ1) is 37.2. The molecule has 0 unspecified atom stereocenters. The third-order valence-corrected chi connectivity index (χ3v) is 16.5. The van der Waals surface area contributed by atoms with E-state index in [4.69, 9.17) is 9.72 Å². The summed E-state index contributed by atoms with van der Waals surface area (Å²) in [5.41, 5.74) is 16.4. The molecule has 6 heteroatoms. The minimum atomic E-state index is -0.297. The normalized spacial score (nSPS) is 13.7. The standard InChI is InChI=1S/C74H81N4O.Pt/c1-48(2)60-32-26-33-61(49(3)4)68(60)66-46-76(56-39-54(73(14,15)50-27-20-18-21-28-50)37-55(40-56)74(16,17)51-29-22-19-23-30-51)47-77(66)57-38-53(71(8,9)10)41-58(43-57)79-59-44-63(72(11,12)13)69-62-31-24-25-34-64(62)78(65(69)45-59)67-42-52(35-36-75-67)70(5,6)7;/h18-42,44,46-49H,1-17H3;/q-3;. The molecule has 1 aliphatic heterocycles. The molecule has 2 aromatic heterocycles. The molecule has 0 atom stereocenters. The van der Waals surface area contributed by atoms with Gasteiger partial charge < -0.3 is 19.1 Å². The maximum Gasteiger partial charge on any atom is 0.135 e. The molecule has 0 amide bonds. The zero-order valence-corrected chi connectivity index (χ0v) is 52.6.